The maximum absolute atomic E-state index is 11.1. The maximum atomic E-state index is 11.1. The Morgan fingerprint density at radius 3 is 2.22 bits per heavy atom. The van der Waals surface area contributed by atoms with E-state index in [4.69, 9.17) is 9.47 Å². The second-order valence-electron chi connectivity index (χ2n) is 5.16. The van der Waals surface area contributed by atoms with Gasteiger partial charge in [0.15, 0.2) is 11.9 Å². The highest BCUT2D eigenvalue weighted by atomic mass is 16.6. The third-order valence-electron chi connectivity index (χ3n) is 3.60. The fourth-order valence-electron chi connectivity index (χ4n) is 2.35. The molecule has 0 fully saturated rings. The Morgan fingerprint density at radius 2 is 1.61 bits per heavy atom. The zero-order valence-corrected chi connectivity index (χ0v) is 12.3. The molecule has 0 spiro atoms. The van der Waals surface area contributed by atoms with Crippen LogP contribution in [0.2, 0.25) is 0 Å². The van der Waals surface area contributed by atoms with Gasteiger partial charge in [-0.25, -0.2) is 4.79 Å². The smallest absolute Gasteiger partial charge is 0.377 e. The lowest BCUT2D eigenvalue weighted by molar-refractivity contribution is -0.142. The van der Waals surface area contributed by atoms with Crippen LogP contribution in [0.3, 0.4) is 0 Å². The monoisotopic (exact) mass is 312 g/mol. The van der Waals surface area contributed by atoms with Gasteiger partial charge in [0.2, 0.25) is 5.76 Å². The van der Waals surface area contributed by atoms with Gasteiger partial charge in [-0.2, -0.15) is 0 Å². The number of aliphatic hydroxyl groups is 2. The molecule has 2 N–H and O–H groups in total. The number of carbonyl (C=O) groups excluding carboxylic acids is 1. The van der Waals surface area contributed by atoms with Crippen LogP contribution >= 0.6 is 0 Å². The van der Waals surface area contributed by atoms with E-state index in [1.807, 2.05) is 54.6 Å². The summed E-state index contributed by atoms with van der Waals surface area (Å²) < 4.78 is 10.4. The number of hydrogen-bond donors (Lipinski definition) is 2. The molecule has 3 rings (SSSR count). The van der Waals surface area contributed by atoms with E-state index in [0.717, 1.165) is 11.1 Å². The molecule has 2 aromatic carbocycles. The molecule has 23 heavy (non-hydrogen) atoms. The van der Waals surface area contributed by atoms with Gasteiger partial charge in [-0.05, 0) is 23.3 Å². The summed E-state index contributed by atoms with van der Waals surface area (Å²) in [6, 6.07) is 17.6. The van der Waals surface area contributed by atoms with Gasteiger partial charge in [0, 0.05) is 6.42 Å². The van der Waals surface area contributed by atoms with Gasteiger partial charge in [0.1, 0.15) is 5.75 Å². The van der Waals surface area contributed by atoms with E-state index in [1.165, 1.54) is 0 Å². The molecule has 0 amide bonds. The summed E-state index contributed by atoms with van der Waals surface area (Å²) in [5.74, 6) is -1.37. The third-order valence-corrected chi connectivity index (χ3v) is 3.60. The molecule has 2 aromatic rings. The van der Waals surface area contributed by atoms with Gasteiger partial charge < -0.3 is 19.7 Å². The molecule has 0 unspecified atom stereocenters. The number of hydrogen-bond acceptors (Lipinski definition) is 5. The predicted molar refractivity (Wildman–Crippen MR) is 84.2 cm³/mol. The Bertz CT molecular complexity index is 719. The number of aliphatic hydroxyl groups excluding tert-OH is 2. The molecule has 1 heterocycles. The molecule has 0 aromatic heterocycles. The molecule has 1 atom stereocenters. The normalized spacial score (nSPS) is 17.2. The van der Waals surface area contributed by atoms with Crippen molar-refractivity contribution in [1.29, 1.82) is 0 Å². The lowest BCUT2D eigenvalue weighted by Gasteiger charge is -2.11. The first-order chi connectivity index (χ1) is 11.1. The average molecular weight is 312 g/mol. The molecular formula is C18H16O5. The summed E-state index contributed by atoms with van der Waals surface area (Å²) >= 11 is 0. The molecule has 0 aliphatic carbocycles. The number of carbonyl (C=O) groups is 1. The van der Waals surface area contributed by atoms with Crippen LogP contribution in [-0.4, -0.2) is 28.9 Å². The van der Waals surface area contributed by atoms with Gasteiger partial charge in [-0.3, -0.25) is 0 Å². The van der Waals surface area contributed by atoms with Crippen LogP contribution in [0.25, 0.3) is 11.1 Å². The standard InChI is InChI=1S/C18H16O5/c19-16-15(23-18(21)17(16)20)10-11-22-14-8-6-13(7-9-14)12-4-2-1-3-5-12/h1-9,15,19-20H,10-11H2/t15-/m1/s1. The van der Waals surface area contributed by atoms with Gasteiger partial charge in [0.05, 0.1) is 6.61 Å². The predicted octanol–water partition coefficient (Wildman–Crippen LogP) is 3.38. The maximum Gasteiger partial charge on any atom is 0.377 e. The van der Waals surface area contributed by atoms with Crippen molar-refractivity contribution < 1.29 is 24.5 Å². The van der Waals surface area contributed by atoms with Crippen molar-refractivity contribution in [1.82, 2.24) is 0 Å². The average Bonchev–Trinajstić information content (AvgIpc) is 2.83. The summed E-state index contributed by atoms with van der Waals surface area (Å²) in [7, 11) is 0. The Balaban J connectivity index is 1.55. The van der Waals surface area contributed by atoms with E-state index in [2.05, 4.69) is 0 Å². The van der Waals surface area contributed by atoms with Crippen LogP contribution in [0.4, 0.5) is 0 Å². The molecule has 1 aliphatic heterocycles. The summed E-state index contributed by atoms with van der Waals surface area (Å²) in [4.78, 5) is 11.1. The number of benzene rings is 2. The number of rotatable bonds is 5. The van der Waals surface area contributed by atoms with Crippen LogP contribution < -0.4 is 4.74 Å². The Kier molecular flexibility index (Phi) is 4.19. The molecule has 1 aliphatic rings. The fraction of sp³-hybridized carbons (Fsp3) is 0.167. The van der Waals surface area contributed by atoms with Crippen molar-refractivity contribution in [2.45, 2.75) is 12.5 Å². The van der Waals surface area contributed by atoms with Gasteiger partial charge in [-0.15, -0.1) is 0 Å². The molecule has 0 saturated heterocycles. The first kappa shape index (κ1) is 15.0. The Hall–Kier alpha value is -2.95. The first-order valence-corrected chi connectivity index (χ1v) is 7.26. The van der Waals surface area contributed by atoms with E-state index in [-0.39, 0.29) is 13.0 Å². The van der Waals surface area contributed by atoms with Crippen LogP contribution in [0.15, 0.2) is 66.1 Å². The summed E-state index contributed by atoms with van der Waals surface area (Å²) in [5.41, 5.74) is 2.22. The number of ether oxygens (including phenoxy) is 2. The summed E-state index contributed by atoms with van der Waals surface area (Å²) in [6.07, 6.45) is -0.576. The van der Waals surface area contributed by atoms with Crippen molar-refractivity contribution >= 4 is 5.97 Å². The van der Waals surface area contributed by atoms with E-state index in [0.29, 0.717) is 5.75 Å². The van der Waals surface area contributed by atoms with E-state index in [9.17, 15) is 15.0 Å². The van der Waals surface area contributed by atoms with Crippen LogP contribution in [0.5, 0.6) is 5.75 Å². The van der Waals surface area contributed by atoms with Crippen molar-refractivity contribution in [3.8, 4) is 16.9 Å². The highest BCUT2D eigenvalue weighted by molar-refractivity contribution is 5.88. The number of esters is 1. The highest BCUT2D eigenvalue weighted by Gasteiger charge is 2.34. The van der Waals surface area contributed by atoms with Crippen molar-refractivity contribution in [3.05, 3.63) is 66.1 Å². The second-order valence-corrected chi connectivity index (χ2v) is 5.16. The van der Waals surface area contributed by atoms with Crippen LogP contribution in [0.1, 0.15) is 6.42 Å². The molecular weight excluding hydrogens is 296 g/mol. The largest absolute Gasteiger partial charge is 0.505 e. The minimum atomic E-state index is -0.903. The molecule has 0 radical (unpaired) electrons. The summed E-state index contributed by atoms with van der Waals surface area (Å²) in [5, 5.41) is 18.7. The van der Waals surface area contributed by atoms with E-state index >= 15 is 0 Å². The van der Waals surface area contributed by atoms with Gasteiger partial charge in [0.25, 0.3) is 0 Å². The van der Waals surface area contributed by atoms with Crippen molar-refractivity contribution in [3.63, 3.8) is 0 Å². The Morgan fingerprint density at radius 1 is 0.957 bits per heavy atom. The minimum absolute atomic E-state index is 0.250. The molecule has 118 valence electrons. The molecule has 5 nitrogen and oxygen atoms in total. The SMILES string of the molecule is O=C1O[C@H](CCOc2ccc(-c3ccccc3)cc2)C(O)=C1O. The van der Waals surface area contributed by atoms with E-state index in [1.54, 1.807) is 0 Å². The Labute approximate surface area is 133 Å². The second kappa shape index (κ2) is 6.44. The third kappa shape index (κ3) is 3.29. The first-order valence-electron chi connectivity index (χ1n) is 7.26. The fourth-order valence-corrected chi connectivity index (χ4v) is 2.35. The zero-order chi connectivity index (χ0) is 16.2. The number of cyclic esters (lactones) is 1. The lowest BCUT2D eigenvalue weighted by atomic mass is 10.1. The highest BCUT2D eigenvalue weighted by Crippen LogP contribution is 2.24. The lowest BCUT2D eigenvalue weighted by Crippen LogP contribution is -2.15. The minimum Gasteiger partial charge on any atom is -0.505 e. The zero-order valence-electron chi connectivity index (χ0n) is 12.3. The van der Waals surface area contributed by atoms with Gasteiger partial charge in [-0.1, -0.05) is 42.5 Å². The molecule has 5 heteroatoms. The van der Waals surface area contributed by atoms with Crippen LogP contribution in [0, 0.1) is 0 Å². The molecule has 0 bridgehead atoms. The van der Waals surface area contributed by atoms with Gasteiger partial charge >= 0.3 is 5.97 Å². The van der Waals surface area contributed by atoms with Crippen molar-refractivity contribution in [2.75, 3.05) is 6.61 Å². The van der Waals surface area contributed by atoms with Crippen molar-refractivity contribution in [2.24, 2.45) is 0 Å². The topological polar surface area (TPSA) is 76.0 Å². The van der Waals surface area contributed by atoms with Crippen LogP contribution in [-0.2, 0) is 9.53 Å². The quantitative estimate of drug-likeness (QED) is 0.828. The van der Waals surface area contributed by atoms with E-state index < -0.39 is 23.6 Å². The molecule has 0 saturated carbocycles. The summed E-state index contributed by atoms with van der Waals surface area (Å²) in [6.45, 7) is 0.250.